The third-order valence-electron chi connectivity index (χ3n) is 4.33. The van der Waals surface area contributed by atoms with Gasteiger partial charge in [-0.15, -0.1) is 0 Å². The van der Waals surface area contributed by atoms with E-state index in [9.17, 15) is 14.0 Å². The number of amides is 2. The Morgan fingerprint density at radius 1 is 1.27 bits per heavy atom. The molecule has 0 saturated heterocycles. The van der Waals surface area contributed by atoms with E-state index in [0.717, 1.165) is 17.5 Å². The van der Waals surface area contributed by atoms with Crippen LogP contribution in [0, 0.1) is 5.82 Å². The number of fused-ring (bicyclic) bond motifs is 1. The van der Waals surface area contributed by atoms with Gasteiger partial charge in [0.15, 0.2) is 0 Å². The number of nitrogens with zero attached hydrogens (tertiary/aromatic N) is 1. The van der Waals surface area contributed by atoms with Gasteiger partial charge in [0.05, 0.1) is 13.5 Å². The number of hydrogen-bond donors (Lipinski definition) is 1. The Balaban J connectivity index is 1.71. The highest BCUT2D eigenvalue weighted by Crippen LogP contribution is 2.24. The molecule has 1 aliphatic rings. The third-order valence-corrected chi connectivity index (χ3v) is 4.69. The molecule has 2 amide bonds. The standard InChI is InChI=1S/C19H18ClFN2O3/c1-26-19(25)23-8-7-12-5-6-14(9-13(12)11-23)22-18(24)10-15-16(20)3-2-4-17(15)21/h2-6,9H,7-8,10-11H2,1H3,(H,22,24). The number of halogens is 2. The predicted octanol–water partition coefficient (Wildman–Crippen LogP) is 3.78. The Hall–Kier alpha value is -2.60. The maximum atomic E-state index is 13.8. The van der Waals surface area contributed by atoms with E-state index >= 15 is 0 Å². The fourth-order valence-electron chi connectivity index (χ4n) is 2.99. The van der Waals surface area contributed by atoms with Gasteiger partial charge in [0.2, 0.25) is 5.91 Å². The molecule has 26 heavy (non-hydrogen) atoms. The van der Waals surface area contributed by atoms with Crippen LogP contribution < -0.4 is 5.32 Å². The average molecular weight is 377 g/mol. The van der Waals surface area contributed by atoms with Crippen LogP contribution in [-0.4, -0.2) is 30.6 Å². The van der Waals surface area contributed by atoms with E-state index in [0.29, 0.717) is 18.8 Å². The van der Waals surface area contributed by atoms with E-state index in [1.807, 2.05) is 12.1 Å². The number of nitrogens with one attached hydrogen (secondary N) is 1. The number of rotatable bonds is 3. The van der Waals surface area contributed by atoms with Crippen molar-refractivity contribution in [3.8, 4) is 0 Å². The van der Waals surface area contributed by atoms with Gasteiger partial charge in [-0.2, -0.15) is 0 Å². The van der Waals surface area contributed by atoms with Gasteiger partial charge in [0.25, 0.3) is 0 Å². The van der Waals surface area contributed by atoms with Gasteiger partial charge in [-0.25, -0.2) is 9.18 Å². The molecule has 0 unspecified atom stereocenters. The highest BCUT2D eigenvalue weighted by atomic mass is 35.5. The molecule has 0 spiro atoms. The van der Waals surface area contributed by atoms with Crippen molar-refractivity contribution in [1.29, 1.82) is 0 Å². The number of ether oxygens (including phenoxy) is 1. The Kier molecular flexibility index (Phi) is 5.42. The Labute approximate surface area is 155 Å². The molecular formula is C19H18ClFN2O3. The Morgan fingerprint density at radius 3 is 2.81 bits per heavy atom. The molecule has 3 rings (SSSR count). The Morgan fingerprint density at radius 2 is 2.08 bits per heavy atom. The average Bonchev–Trinajstić information content (AvgIpc) is 2.63. The van der Waals surface area contributed by atoms with Gasteiger partial charge in [0, 0.05) is 29.4 Å². The monoisotopic (exact) mass is 376 g/mol. The zero-order valence-electron chi connectivity index (χ0n) is 14.2. The lowest BCUT2D eigenvalue weighted by molar-refractivity contribution is -0.115. The summed E-state index contributed by atoms with van der Waals surface area (Å²) in [6.45, 7) is 1.02. The predicted molar refractivity (Wildman–Crippen MR) is 96.7 cm³/mol. The molecule has 0 bridgehead atoms. The quantitative estimate of drug-likeness (QED) is 0.886. The van der Waals surface area contributed by atoms with E-state index in [-0.39, 0.29) is 29.0 Å². The lowest BCUT2D eigenvalue weighted by atomic mass is 9.99. The molecule has 0 saturated carbocycles. The summed E-state index contributed by atoms with van der Waals surface area (Å²) in [6, 6.07) is 9.87. The summed E-state index contributed by atoms with van der Waals surface area (Å²) in [5.74, 6) is -0.871. The lowest BCUT2D eigenvalue weighted by Crippen LogP contribution is -2.35. The van der Waals surface area contributed by atoms with E-state index < -0.39 is 5.82 Å². The van der Waals surface area contributed by atoms with Crippen LogP contribution in [0.15, 0.2) is 36.4 Å². The van der Waals surface area contributed by atoms with Crippen molar-refractivity contribution in [3.63, 3.8) is 0 Å². The molecule has 1 heterocycles. The highest BCUT2D eigenvalue weighted by Gasteiger charge is 2.21. The summed E-state index contributed by atoms with van der Waals surface area (Å²) < 4.78 is 18.6. The van der Waals surface area contributed by atoms with Crippen LogP contribution in [0.25, 0.3) is 0 Å². The van der Waals surface area contributed by atoms with Crippen molar-refractivity contribution < 1.29 is 18.7 Å². The number of carbonyl (C=O) groups is 2. The minimum atomic E-state index is -0.508. The van der Waals surface area contributed by atoms with Crippen LogP contribution in [0.3, 0.4) is 0 Å². The third kappa shape index (κ3) is 3.96. The van der Waals surface area contributed by atoms with Crippen molar-refractivity contribution in [2.75, 3.05) is 19.0 Å². The zero-order chi connectivity index (χ0) is 18.7. The van der Waals surface area contributed by atoms with E-state index in [2.05, 4.69) is 5.32 Å². The zero-order valence-corrected chi connectivity index (χ0v) is 15.0. The summed E-state index contributed by atoms with van der Waals surface area (Å²) in [5, 5.41) is 2.98. The summed E-state index contributed by atoms with van der Waals surface area (Å²) in [7, 11) is 1.35. The number of methoxy groups -OCH3 is 1. The molecule has 0 aromatic heterocycles. The first kappa shape index (κ1) is 18.2. The van der Waals surface area contributed by atoms with Crippen LogP contribution in [0.2, 0.25) is 5.02 Å². The first-order chi connectivity index (χ1) is 12.5. The van der Waals surface area contributed by atoms with Crippen LogP contribution in [0.4, 0.5) is 14.9 Å². The van der Waals surface area contributed by atoms with Crippen molar-refractivity contribution >= 4 is 29.3 Å². The van der Waals surface area contributed by atoms with E-state index in [4.69, 9.17) is 16.3 Å². The summed E-state index contributed by atoms with van der Waals surface area (Å²) in [4.78, 5) is 25.5. The molecule has 136 valence electrons. The smallest absolute Gasteiger partial charge is 0.409 e. The lowest BCUT2D eigenvalue weighted by Gasteiger charge is -2.28. The molecule has 2 aromatic carbocycles. The SMILES string of the molecule is COC(=O)N1CCc2ccc(NC(=O)Cc3c(F)cccc3Cl)cc2C1. The summed E-state index contributed by atoms with van der Waals surface area (Å²) in [5.41, 5.74) is 2.83. The first-order valence-corrected chi connectivity index (χ1v) is 8.53. The highest BCUT2D eigenvalue weighted by molar-refractivity contribution is 6.31. The van der Waals surface area contributed by atoms with Crippen LogP contribution in [0.1, 0.15) is 16.7 Å². The molecule has 0 aliphatic carbocycles. The van der Waals surface area contributed by atoms with Crippen molar-refractivity contribution in [2.45, 2.75) is 19.4 Å². The van der Waals surface area contributed by atoms with Gasteiger partial charge in [0.1, 0.15) is 5.82 Å². The molecule has 0 atom stereocenters. The fourth-order valence-corrected chi connectivity index (χ4v) is 3.22. The van der Waals surface area contributed by atoms with Crippen molar-refractivity contribution in [3.05, 3.63) is 63.9 Å². The molecule has 1 N–H and O–H groups in total. The fraction of sp³-hybridized carbons (Fsp3) is 0.263. The molecule has 7 heteroatoms. The minimum absolute atomic E-state index is 0.156. The maximum Gasteiger partial charge on any atom is 0.409 e. The Bertz CT molecular complexity index is 836. The summed E-state index contributed by atoms with van der Waals surface area (Å²) >= 11 is 5.96. The van der Waals surface area contributed by atoms with Crippen molar-refractivity contribution in [2.24, 2.45) is 0 Å². The molecule has 5 nitrogen and oxygen atoms in total. The number of carbonyl (C=O) groups excluding carboxylic acids is 2. The second kappa shape index (κ2) is 7.74. The second-order valence-corrected chi connectivity index (χ2v) is 6.46. The molecule has 1 aliphatic heterocycles. The van der Waals surface area contributed by atoms with E-state index in [1.54, 1.807) is 17.0 Å². The number of hydrogen-bond acceptors (Lipinski definition) is 3. The molecule has 0 radical (unpaired) electrons. The van der Waals surface area contributed by atoms with Gasteiger partial charge < -0.3 is 15.0 Å². The molecular weight excluding hydrogens is 359 g/mol. The maximum absolute atomic E-state index is 13.8. The van der Waals surface area contributed by atoms with Gasteiger partial charge in [-0.1, -0.05) is 23.7 Å². The van der Waals surface area contributed by atoms with Gasteiger partial charge >= 0.3 is 6.09 Å². The van der Waals surface area contributed by atoms with Crippen molar-refractivity contribution in [1.82, 2.24) is 4.90 Å². The summed E-state index contributed by atoms with van der Waals surface area (Å²) in [6.07, 6.45) is 0.194. The second-order valence-electron chi connectivity index (χ2n) is 6.05. The minimum Gasteiger partial charge on any atom is -0.453 e. The topological polar surface area (TPSA) is 58.6 Å². The first-order valence-electron chi connectivity index (χ1n) is 8.15. The molecule has 0 fully saturated rings. The van der Waals surface area contributed by atoms with Gasteiger partial charge in [-0.05, 0) is 41.8 Å². The van der Waals surface area contributed by atoms with Crippen LogP contribution in [-0.2, 0) is 28.9 Å². The normalized spacial score (nSPS) is 13.1. The number of benzene rings is 2. The van der Waals surface area contributed by atoms with Crippen LogP contribution in [0.5, 0.6) is 0 Å². The van der Waals surface area contributed by atoms with Gasteiger partial charge in [-0.3, -0.25) is 4.79 Å². The van der Waals surface area contributed by atoms with E-state index in [1.165, 1.54) is 19.2 Å². The van der Waals surface area contributed by atoms with Crippen LogP contribution >= 0.6 is 11.6 Å². The largest absolute Gasteiger partial charge is 0.453 e. The molecule has 2 aromatic rings. The number of anilines is 1.